The monoisotopic (exact) mass is 350 g/mol. The van der Waals surface area contributed by atoms with Gasteiger partial charge in [-0.2, -0.15) is 0 Å². The highest BCUT2D eigenvalue weighted by Gasteiger charge is 2.16. The lowest BCUT2D eigenvalue weighted by Crippen LogP contribution is -2.34. The van der Waals surface area contributed by atoms with Gasteiger partial charge in [0, 0.05) is 16.6 Å². The molecule has 0 aromatic heterocycles. The Morgan fingerprint density at radius 2 is 1.76 bits per heavy atom. The van der Waals surface area contributed by atoms with E-state index in [9.17, 15) is 9.18 Å². The minimum atomic E-state index is -0.459. The van der Waals surface area contributed by atoms with Gasteiger partial charge in [-0.15, -0.1) is 0 Å². The van der Waals surface area contributed by atoms with E-state index in [0.717, 1.165) is 23.9 Å². The van der Waals surface area contributed by atoms with Crippen molar-refractivity contribution in [2.24, 2.45) is 0 Å². The van der Waals surface area contributed by atoms with Crippen LogP contribution >= 0.6 is 12.2 Å². The number of halogens is 1. The Labute approximate surface area is 149 Å². The molecule has 3 nitrogen and oxygen atoms in total. The van der Waals surface area contributed by atoms with Gasteiger partial charge < -0.3 is 5.32 Å². The van der Waals surface area contributed by atoms with Crippen LogP contribution in [0.3, 0.4) is 0 Å². The number of nitrogens with one attached hydrogen (secondary N) is 2. The first-order valence-corrected chi connectivity index (χ1v) is 8.44. The molecule has 3 aromatic rings. The Bertz CT molecular complexity index is 1010. The van der Waals surface area contributed by atoms with Crippen molar-refractivity contribution in [1.82, 2.24) is 5.32 Å². The van der Waals surface area contributed by atoms with E-state index in [0.29, 0.717) is 0 Å². The molecule has 0 radical (unpaired) electrons. The van der Waals surface area contributed by atoms with Crippen molar-refractivity contribution in [3.8, 4) is 0 Å². The number of hydrogen-bond acceptors (Lipinski definition) is 2. The summed E-state index contributed by atoms with van der Waals surface area (Å²) in [7, 11) is 0. The number of amides is 1. The van der Waals surface area contributed by atoms with Crippen LogP contribution in [0.15, 0.2) is 54.6 Å². The van der Waals surface area contributed by atoms with E-state index in [1.807, 2.05) is 18.2 Å². The van der Waals surface area contributed by atoms with E-state index < -0.39 is 11.7 Å². The highest BCUT2D eigenvalue weighted by Crippen LogP contribution is 2.34. The summed E-state index contributed by atoms with van der Waals surface area (Å²) in [6.07, 6.45) is 2.10. The van der Waals surface area contributed by atoms with Gasteiger partial charge in [-0.05, 0) is 65.8 Å². The molecule has 2 N–H and O–H groups in total. The van der Waals surface area contributed by atoms with Crippen LogP contribution in [-0.4, -0.2) is 11.0 Å². The van der Waals surface area contributed by atoms with Crippen LogP contribution in [0.1, 0.15) is 21.5 Å². The molecule has 0 spiro atoms. The number of hydrogen-bond donors (Lipinski definition) is 2. The number of aryl methyl sites for hydroxylation is 2. The van der Waals surface area contributed by atoms with Crippen molar-refractivity contribution in [1.29, 1.82) is 0 Å². The molecule has 0 unspecified atom stereocenters. The zero-order valence-electron chi connectivity index (χ0n) is 13.3. The van der Waals surface area contributed by atoms with Crippen molar-refractivity contribution >= 4 is 39.7 Å². The van der Waals surface area contributed by atoms with Crippen LogP contribution in [0.25, 0.3) is 10.8 Å². The number of anilines is 1. The molecule has 1 aliphatic carbocycles. The summed E-state index contributed by atoms with van der Waals surface area (Å²) in [5.41, 5.74) is 3.76. The summed E-state index contributed by atoms with van der Waals surface area (Å²) in [6.45, 7) is 0. The highest BCUT2D eigenvalue weighted by molar-refractivity contribution is 7.80. The summed E-state index contributed by atoms with van der Waals surface area (Å²) >= 11 is 5.25. The molecular formula is C20H15FN2OS. The van der Waals surface area contributed by atoms with Gasteiger partial charge in [0.2, 0.25) is 0 Å². The van der Waals surface area contributed by atoms with E-state index in [1.165, 1.54) is 34.7 Å². The normalized spacial score (nSPS) is 12.2. The van der Waals surface area contributed by atoms with Crippen LogP contribution < -0.4 is 10.6 Å². The van der Waals surface area contributed by atoms with Gasteiger partial charge in [0.05, 0.1) is 0 Å². The fourth-order valence-corrected chi connectivity index (χ4v) is 3.52. The Hall–Kier alpha value is -2.79. The molecule has 25 heavy (non-hydrogen) atoms. The Balaban J connectivity index is 1.56. The molecule has 1 amide bonds. The van der Waals surface area contributed by atoms with E-state index in [4.69, 9.17) is 12.2 Å². The lowest BCUT2D eigenvalue weighted by atomic mass is 10.0. The van der Waals surface area contributed by atoms with Gasteiger partial charge in [0.1, 0.15) is 5.82 Å². The first-order chi connectivity index (χ1) is 12.1. The quantitative estimate of drug-likeness (QED) is 0.681. The second-order valence-electron chi connectivity index (χ2n) is 6.03. The second-order valence-corrected chi connectivity index (χ2v) is 6.44. The third-order valence-corrected chi connectivity index (χ3v) is 4.64. The lowest BCUT2D eigenvalue weighted by Gasteiger charge is -2.13. The van der Waals surface area contributed by atoms with E-state index in [-0.39, 0.29) is 10.7 Å². The highest BCUT2D eigenvalue weighted by atomic mass is 32.1. The molecule has 0 fully saturated rings. The van der Waals surface area contributed by atoms with Gasteiger partial charge in [-0.25, -0.2) is 4.39 Å². The average Bonchev–Trinajstić information content (AvgIpc) is 3.02. The zero-order chi connectivity index (χ0) is 17.4. The van der Waals surface area contributed by atoms with Gasteiger partial charge >= 0.3 is 0 Å². The molecule has 0 aliphatic heterocycles. The molecule has 0 saturated heterocycles. The molecule has 124 valence electrons. The third-order valence-electron chi connectivity index (χ3n) is 4.44. The first-order valence-electron chi connectivity index (χ1n) is 8.03. The van der Waals surface area contributed by atoms with Crippen LogP contribution in [0.4, 0.5) is 10.1 Å². The van der Waals surface area contributed by atoms with Gasteiger partial charge in [0.25, 0.3) is 5.91 Å². The molecule has 1 aliphatic rings. The van der Waals surface area contributed by atoms with Gasteiger partial charge in [0.15, 0.2) is 5.11 Å². The maximum absolute atomic E-state index is 13.2. The maximum Gasteiger partial charge on any atom is 0.257 e. The van der Waals surface area contributed by atoms with Crippen LogP contribution in [0, 0.1) is 5.82 Å². The lowest BCUT2D eigenvalue weighted by molar-refractivity contribution is 0.0977. The van der Waals surface area contributed by atoms with Crippen molar-refractivity contribution in [2.75, 3.05) is 5.32 Å². The molecule has 3 aromatic carbocycles. The number of thiocarbonyl (C=S) groups is 1. The zero-order valence-corrected chi connectivity index (χ0v) is 14.1. The summed E-state index contributed by atoms with van der Waals surface area (Å²) in [5.74, 6) is -0.901. The average molecular weight is 350 g/mol. The number of carbonyl (C=O) groups excluding carboxylic acids is 1. The molecule has 4 rings (SSSR count). The maximum atomic E-state index is 13.2. The minimum absolute atomic E-state index is 0.188. The minimum Gasteiger partial charge on any atom is -0.332 e. The smallest absolute Gasteiger partial charge is 0.257 e. The Morgan fingerprint density at radius 3 is 2.56 bits per heavy atom. The second kappa shape index (κ2) is 6.26. The number of carbonyl (C=O) groups is 1. The summed E-state index contributed by atoms with van der Waals surface area (Å²) in [5, 5.41) is 8.23. The fourth-order valence-electron chi connectivity index (χ4n) is 3.31. The first kappa shape index (κ1) is 15.7. The Morgan fingerprint density at radius 1 is 1.00 bits per heavy atom. The molecule has 0 heterocycles. The Kier molecular flexibility index (Phi) is 3.93. The molecular weight excluding hydrogens is 335 g/mol. The van der Waals surface area contributed by atoms with E-state index in [2.05, 4.69) is 22.8 Å². The van der Waals surface area contributed by atoms with Crippen LogP contribution in [-0.2, 0) is 12.8 Å². The largest absolute Gasteiger partial charge is 0.332 e. The van der Waals surface area contributed by atoms with E-state index >= 15 is 0 Å². The van der Waals surface area contributed by atoms with E-state index in [1.54, 1.807) is 6.07 Å². The van der Waals surface area contributed by atoms with Crippen molar-refractivity contribution in [3.63, 3.8) is 0 Å². The van der Waals surface area contributed by atoms with Crippen LogP contribution in [0.2, 0.25) is 0 Å². The summed E-state index contributed by atoms with van der Waals surface area (Å²) in [6, 6.07) is 15.8. The topological polar surface area (TPSA) is 41.1 Å². The molecule has 0 saturated carbocycles. The standard InChI is InChI=1S/C20H15FN2OS/c21-15-5-1-4-14(11-15)19(24)23-20(25)22-17-10-9-13-8-7-12-3-2-6-16(17)18(12)13/h1-6,9-11H,7-8H2,(H2,22,23,24,25). The predicted molar refractivity (Wildman–Crippen MR) is 101 cm³/mol. The van der Waals surface area contributed by atoms with Crippen molar-refractivity contribution < 1.29 is 9.18 Å². The number of rotatable bonds is 2. The fraction of sp³-hybridized carbons (Fsp3) is 0.100. The molecule has 5 heteroatoms. The van der Waals surface area contributed by atoms with Gasteiger partial charge in [-0.1, -0.05) is 30.3 Å². The predicted octanol–water partition coefficient (Wildman–Crippen LogP) is 4.20. The summed E-state index contributed by atoms with van der Waals surface area (Å²) < 4.78 is 13.2. The van der Waals surface area contributed by atoms with Crippen molar-refractivity contribution in [3.05, 3.63) is 77.1 Å². The van der Waals surface area contributed by atoms with Gasteiger partial charge in [-0.3, -0.25) is 10.1 Å². The summed E-state index contributed by atoms with van der Waals surface area (Å²) in [4.78, 5) is 12.2. The molecule has 0 atom stereocenters. The van der Waals surface area contributed by atoms with Crippen molar-refractivity contribution in [2.45, 2.75) is 12.8 Å². The van der Waals surface area contributed by atoms with Crippen LogP contribution in [0.5, 0.6) is 0 Å². The third kappa shape index (κ3) is 2.98. The molecule has 0 bridgehead atoms. The SMILES string of the molecule is O=C(NC(=S)Nc1ccc2c3c(cccc13)CC2)c1cccc(F)c1. The number of benzene rings is 3.